The Labute approximate surface area is 223 Å². The first-order valence-corrected chi connectivity index (χ1v) is 13.9. The molecule has 9 nitrogen and oxygen atoms in total. The van der Waals surface area contributed by atoms with Gasteiger partial charge in [0.15, 0.2) is 0 Å². The van der Waals surface area contributed by atoms with Crippen molar-refractivity contribution < 1.29 is 29.7 Å². The number of nitrogens with zero attached hydrogens (tertiary/aromatic N) is 2. The van der Waals surface area contributed by atoms with Gasteiger partial charge in [-0.2, -0.15) is 0 Å². The summed E-state index contributed by atoms with van der Waals surface area (Å²) in [4.78, 5) is 34.5. The zero-order valence-corrected chi connectivity index (χ0v) is 22.4. The lowest BCUT2D eigenvalue weighted by Gasteiger charge is -2.45. The van der Waals surface area contributed by atoms with Crippen LogP contribution in [0.1, 0.15) is 75.3 Å². The Bertz CT molecular complexity index is 1140. The molecule has 0 bridgehead atoms. The third-order valence-electron chi connectivity index (χ3n) is 8.39. The highest BCUT2D eigenvalue weighted by Crippen LogP contribution is 2.45. The summed E-state index contributed by atoms with van der Waals surface area (Å²) in [5.74, 6) is -1.96. The van der Waals surface area contributed by atoms with E-state index in [1.54, 1.807) is 0 Å². The minimum Gasteiger partial charge on any atom is -0.481 e. The van der Waals surface area contributed by atoms with Crippen molar-refractivity contribution in [1.29, 1.82) is 0 Å². The average molecular weight is 528 g/mol. The second kappa shape index (κ2) is 12.3. The van der Waals surface area contributed by atoms with E-state index in [1.165, 1.54) is 34.9 Å². The van der Waals surface area contributed by atoms with Crippen LogP contribution in [0.4, 0.5) is 0 Å². The van der Waals surface area contributed by atoms with Crippen molar-refractivity contribution in [2.24, 2.45) is 5.92 Å². The molecule has 1 saturated carbocycles. The number of aromatic nitrogens is 1. The molecule has 0 spiro atoms. The van der Waals surface area contributed by atoms with E-state index in [4.69, 9.17) is 10.2 Å². The van der Waals surface area contributed by atoms with Crippen LogP contribution in [0.2, 0.25) is 0 Å². The molecule has 4 N–H and O–H groups in total. The first-order chi connectivity index (χ1) is 18.2. The fraction of sp³-hybridized carbons (Fsp3) is 0.621. The molecule has 208 valence electrons. The van der Waals surface area contributed by atoms with Crippen LogP contribution in [-0.4, -0.2) is 74.4 Å². The van der Waals surface area contributed by atoms with Crippen molar-refractivity contribution >= 4 is 28.7 Å². The van der Waals surface area contributed by atoms with E-state index >= 15 is 0 Å². The molecule has 38 heavy (non-hydrogen) atoms. The summed E-state index contributed by atoms with van der Waals surface area (Å²) < 4.78 is 2.46. The van der Waals surface area contributed by atoms with Crippen molar-refractivity contribution in [2.45, 2.75) is 95.4 Å². The van der Waals surface area contributed by atoms with Gasteiger partial charge in [-0.1, -0.05) is 25.5 Å². The molecule has 2 aromatic rings. The van der Waals surface area contributed by atoms with Crippen LogP contribution in [0.15, 0.2) is 24.4 Å². The lowest BCUT2D eigenvalue weighted by atomic mass is 9.72. The number of hydrogen-bond donors (Lipinski definition) is 4. The van der Waals surface area contributed by atoms with E-state index < -0.39 is 18.4 Å². The fourth-order valence-corrected chi connectivity index (χ4v) is 6.49. The summed E-state index contributed by atoms with van der Waals surface area (Å²) in [5, 5.41) is 29.9. The number of likely N-dealkylation sites (N-methyl/N-ethyl adjacent to an activating group) is 1. The standard InChI is InChI=1S/C26H37N3O2.C3H4O4/c1-3-4-12-29-16-17-14-24-22(21-6-5-7-23(29)25(17)21)13-18(15-28(24)2)26(31)27-19-8-10-20(30)11-9-19;4-2(5)1-3(6)7/h5-7,16,18-20,22,24,30H,3-4,8-15H2,1-2H3,(H,27,31);1H2,(H,4,5)(H,6,7)/t18-,19?,20?,22-,24-;/m1./s1. The van der Waals surface area contributed by atoms with Crippen molar-refractivity contribution in [3.05, 3.63) is 35.5 Å². The first kappa shape index (κ1) is 28.1. The third kappa shape index (κ3) is 6.38. The molecule has 1 aromatic heterocycles. The van der Waals surface area contributed by atoms with E-state index in [-0.39, 0.29) is 24.0 Å². The van der Waals surface area contributed by atoms with E-state index in [1.807, 2.05) is 0 Å². The Morgan fingerprint density at radius 3 is 2.42 bits per heavy atom. The summed E-state index contributed by atoms with van der Waals surface area (Å²) in [6, 6.07) is 7.50. The van der Waals surface area contributed by atoms with Gasteiger partial charge < -0.3 is 30.1 Å². The van der Waals surface area contributed by atoms with E-state index in [2.05, 4.69) is 53.2 Å². The van der Waals surface area contributed by atoms with Crippen molar-refractivity contribution in [2.75, 3.05) is 13.6 Å². The quantitative estimate of drug-likeness (QED) is 0.406. The van der Waals surface area contributed by atoms with Crippen LogP contribution in [0, 0.1) is 5.92 Å². The summed E-state index contributed by atoms with van der Waals surface area (Å²) in [6.45, 7) is 4.17. The number of amides is 1. The molecule has 1 aliphatic heterocycles. The van der Waals surface area contributed by atoms with Crippen LogP contribution in [0.3, 0.4) is 0 Å². The Morgan fingerprint density at radius 2 is 1.79 bits per heavy atom. The number of aliphatic carboxylic acids is 2. The molecule has 1 amide bonds. The molecule has 1 saturated heterocycles. The van der Waals surface area contributed by atoms with Crippen molar-refractivity contribution in [3.63, 3.8) is 0 Å². The zero-order chi connectivity index (χ0) is 27.4. The molecular formula is C29H41N3O6. The molecule has 3 aliphatic rings. The van der Waals surface area contributed by atoms with Crippen molar-refractivity contribution in [1.82, 2.24) is 14.8 Å². The number of piperidine rings is 1. The number of fused-ring (bicyclic) bond motifs is 2. The number of likely N-dealkylation sites (tertiary alicyclic amines) is 1. The number of aliphatic hydroxyl groups is 1. The number of carboxylic acids is 2. The second-order valence-corrected chi connectivity index (χ2v) is 11.2. The molecule has 3 atom stereocenters. The topological polar surface area (TPSA) is 132 Å². The average Bonchev–Trinajstić information content (AvgIpc) is 3.22. The minimum atomic E-state index is -1.31. The number of carbonyl (C=O) groups excluding carboxylic acids is 1. The highest BCUT2D eigenvalue weighted by Gasteiger charge is 2.42. The zero-order valence-electron chi connectivity index (χ0n) is 22.4. The number of carbonyl (C=O) groups is 3. The van der Waals surface area contributed by atoms with Gasteiger partial charge in [-0.3, -0.25) is 14.4 Å². The van der Waals surface area contributed by atoms with Gasteiger partial charge in [-0.15, -0.1) is 0 Å². The number of benzene rings is 1. The number of aryl methyl sites for hydroxylation is 1. The third-order valence-corrected chi connectivity index (χ3v) is 8.39. The predicted molar refractivity (Wildman–Crippen MR) is 144 cm³/mol. The lowest BCUT2D eigenvalue weighted by Crippen LogP contribution is -2.52. The number of aliphatic hydroxyl groups excluding tert-OH is 1. The molecule has 2 heterocycles. The summed E-state index contributed by atoms with van der Waals surface area (Å²) >= 11 is 0. The molecule has 2 aliphatic carbocycles. The highest BCUT2D eigenvalue weighted by molar-refractivity contribution is 5.90. The lowest BCUT2D eigenvalue weighted by molar-refractivity contribution is -0.147. The summed E-state index contributed by atoms with van der Waals surface area (Å²) in [6.07, 6.45) is 9.25. The Balaban J connectivity index is 0.000000426. The van der Waals surface area contributed by atoms with Crippen LogP contribution >= 0.6 is 0 Å². The fourth-order valence-electron chi connectivity index (χ4n) is 6.49. The molecular weight excluding hydrogens is 486 g/mol. The van der Waals surface area contributed by atoms with Gasteiger partial charge in [-0.25, -0.2) is 0 Å². The molecule has 0 unspecified atom stereocenters. The smallest absolute Gasteiger partial charge is 0.314 e. The second-order valence-electron chi connectivity index (χ2n) is 11.2. The van der Waals surface area contributed by atoms with E-state index in [0.717, 1.165) is 51.6 Å². The summed E-state index contributed by atoms with van der Waals surface area (Å²) in [7, 11) is 2.20. The highest BCUT2D eigenvalue weighted by atomic mass is 16.4. The number of carboxylic acid groups (broad SMARTS) is 2. The monoisotopic (exact) mass is 527 g/mol. The molecule has 2 fully saturated rings. The maximum absolute atomic E-state index is 13.2. The number of hydrogen-bond acceptors (Lipinski definition) is 5. The summed E-state index contributed by atoms with van der Waals surface area (Å²) in [5.41, 5.74) is 4.30. The van der Waals surface area contributed by atoms with Crippen LogP contribution in [0.25, 0.3) is 10.9 Å². The largest absolute Gasteiger partial charge is 0.481 e. The van der Waals surface area contributed by atoms with Crippen molar-refractivity contribution in [3.8, 4) is 0 Å². The molecule has 9 heteroatoms. The van der Waals surface area contributed by atoms with Gasteiger partial charge in [0.1, 0.15) is 6.42 Å². The van der Waals surface area contributed by atoms with Crippen LogP contribution < -0.4 is 5.32 Å². The Kier molecular flexibility index (Phi) is 9.10. The molecule has 1 aromatic carbocycles. The van der Waals surface area contributed by atoms with Crippen LogP contribution in [0.5, 0.6) is 0 Å². The minimum absolute atomic E-state index is 0.0390. The Morgan fingerprint density at radius 1 is 1.08 bits per heavy atom. The van der Waals surface area contributed by atoms with Gasteiger partial charge in [0.2, 0.25) is 5.91 Å². The molecule has 0 radical (unpaired) electrons. The van der Waals surface area contributed by atoms with Gasteiger partial charge >= 0.3 is 11.9 Å². The van der Waals surface area contributed by atoms with E-state index in [9.17, 15) is 19.5 Å². The van der Waals surface area contributed by atoms with Gasteiger partial charge in [0.05, 0.1) is 12.0 Å². The number of nitrogens with one attached hydrogen (secondary N) is 1. The Hall–Kier alpha value is -2.91. The maximum atomic E-state index is 13.2. The van der Waals surface area contributed by atoms with Gasteiger partial charge in [-0.05, 0) is 69.2 Å². The van der Waals surface area contributed by atoms with Gasteiger partial charge in [0.25, 0.3) is 0 Å². The maximum Gasteiger partial charge on any atom is 0.314 e. The number of rotatable bonds is 7. The predicted octanol–water partition coefficient (Wildman–Crippen LogP) is 3.37. The number of unbranched alkanes of at least 4 members (excludes halogenated alkanes) is 1. The van der Waals surface area contributed by atoms with Crippen LogP contribution in [-0.2, 0) is 27.3 Å². The first-order valence-electron chi connectivity index (χ1n) is 13.9. The van der Waals surface area contributed by atoms with E-state index in [0.29, 0.717) is 12.0 Å². The molecule has 5 rings (SSSR count). The SMILES string of the molecule is CCCCn1cc2c3c(cccc31)[C@H]1C[C@@H](C(=O)NC3CCC(O)CC3)CN(C)[C@@H]1C2.O=C(O)CC(=O)O. The van der Waals surface area contributed by atoms with Gasteiger partial charge in [0, 0.05) is 48.2 Å². The normalized spacial score (nSPS) is 26.7.